The first-order valence-corrected chi connectivity index (χ1v) is 4.82. The van der Waals surface area contributed by atoms with Crippen LogP contribution in [0.15, 0.2) is 41.4 Å². The second-order valence-corrected chi connectivity index (χ2v) is 3.42. The van der Waals surface area contributed by atoms with Crippen LogP contribution in [0.3, 0.4) is 0 Å². The molecular weight excluding hydrogens is 166 g/mol. The Balaban J connectivity index is 2.27. The van der Waals surface area contributed by atoms with Gasteiger partial charge < -0.3 is 4.90 Å². The third-order valence-corrected chi connectivity index (χ3v) is 2.63. The van der Waals surface area contributed by atoms with Crippen molar-refractivity contribution < 1.29 is 0 Å². The zero-order valence-electron chi connectivity index (χ0n) is 6.90. The minimum atomic E-state index is 1.23. The average Bonchev–Trinajstić information content (AvgIpc) is 2.53. The van der Waals surface area contributed by atoms with E-state index < -0.39 is 0 Å². The molecule has 61 valence electrons. The largest absolute Gasteiger partial charge is 0.329 e. The van der Waals surface area contributed by atoms with E-state index in [1.54, 1.807) is 11.8 Å². The molecule has 0 aliphatic carbocycles. The van der Waals surface area contributed by atoms with Crippen LogP contribution >= 0.6 is 11.8 Å². The smallest absolute Gasteiger partial charge is 0.114 e. The predicted molar refractivity (Wildman–Crippen MR) is 54.6 cm³/mol. The van der Waals surface area contributed by atoms with Gasteiger partial charge >= 0.3 is 0 Å². The first kappa shape index (κ1) is 7.74. The van der Waals surface area contributed by atoms with Crippen LogP contribution in [0.25, 0.3) is 0 Å². The van der Waals surface area contributed by atoms with Gasteiger partial charge in [0.05, 0.1) is 0 Å². The predicted octanol–water partition coefficient (Wildman–Crippen LogP) is 3.22. The lowest BCUT2D eigenvalue weighted by molar-refractivity contribution is 1.15. The topological polar surface area (TPSA) is 3.24 Å². The number of nitrogens with zero attached hydrogens (tertiary/aromatic N) is 1. The fraction of sp³-hybridized carbons (Fsp3) is 0.100. The number of allylic oxidation sites excluding steroid dienone is 1. The van der Waals surface area contributed by atoms with Crippen molar-refractivity contribution in [3.05, 3.63) is 47.3 Å². The molecule has 0 unspecified atom stereocenters. The first-order chi connectivity index (χ1) is 5.88. The first-order valence-electron chi connectivity index (χ1n) is 3.88. The summed E-state index contributed by atoms with van der Waals surface area (Å²) in [7, 11) is 0. The van der Waals surface area contributed by atoms with Crippen LogP contribution in [-0.2, 0) is 0 Å². The summed E-state index contributed by atoms with van der Waals surface area (Å²) in [6.07, 6.45) is 0. The molecule has 2 rings (SSSR count). The molecule has 0 N–H and O–H groups in total. The number of anilines is 1. The van der Waals surface area contributed by atoms with E-state index in [1.165, 1.54) is 11.4 Å². The Morgan fingerprint density at radius 3 is 2.50 bits per heavy atom. The maximum atomic E-state index is 2.19. The van der Waals surface area contributed by atoms with E-state index in [-0.39, 0.29) is 0 Å². The minimum absolute atomic E-state index is 1.23. The fourth-order valence-electron chi connectivity index (χ4n) is 1.18. The third kappa shape index (κ3) is 1.34. The van der Waals surface area contributed by atoms with Crippen LogP contribution < -0.4 is 4.90 Å². The normalized spacial score (nSPS) is 16.4. The van der Waals surface area contributed by atoms with Crippen LogP contribution in [-0.4, -0.2) is 0 Å². The molecular formula is C10H10NS. The van der Waals surface area contributed by atoms with Crippen LogP contribution in [0.4, 0.5) is 5.69 Å². The number of hydrogen-bond donors (Lipinski definition) is 0. The van der Waals surface area contributed by atoms with Gasteiger partial charge in [0, 0.05) is 11.4 Å². The highest BCUT2D eigenvalue weighted by Gasteiger charge is 2.12. The summed E-state index contributed by atoms with van der Waals surface area (Å²) >= 11 is 1.72. The molecule has 1 nitrogen and oxygen atoms in total. The molecule has 0 atom stereocenters. The van der Waals surface area contributed by atoms with E-state index >= 15 is 0 Å². The van der Waals surface area contributed by atoms with E-state index in [0.29, 0.717) is 0 Å². The SMILES string of the molecule is CC1=CS[CH]N1c1ccccc1. The molecule has 12 heavy (non-hydrogen) atoms. The van der Waals surface area contributed by atoms with Gasteiger partial charge in [-0.05, 0) is 24.5 Å². The summed E-state index contributed by atoms with van der Waals surface area (Å²) < 4.78 is 0. The molecule has 1 radical (unpaired) electrons. The number of benzene rings is 1. The number of thioether (sulfide) groups is 1. The van der Waals surface area contributed by atoms with Gasteiger partial charge in [0.25, 0.3) is 0 Å². The van der Waals surface area contributed by atoms with Gasteiger partial charge in [-0.3, -0.25) is 0 Å². The fourth-order valence-corrected chi connectivity index (χ4v) is 1.96. The van der Waals surface area contributed by atoms with Gasteiger partial charge in [-0.25, -0.2) is 0 Å². The molecule has 1 aromatic carbocycles. The molecule has 1 aromatic rings. The van der Waals surface area contributed by atoms with Crippen LogP contribution in [0.1, 0.15) is 6.92 Å². The quantitative estimate of drug-likeness (QED) is 0.646. The Hall–Kier alpha value is -0.890. The molecule has 0 amide bonds. The number of hydrogen-bond acceptors (Lipinski definition) is 2. The van der Waals surface area contributed by atoms with E-state index in [4.69, 9.17) is 0 Å². The standard InChI is InChI=1S/C10H10NS/c1-9-7-12-8-11(9)10-5-3-2-4-6-10/h2-8H,1H3. The summed E-state index contributed by atoms with van der Waals surface area (Å²) in [6, 6.07) is 10.4. The maximum Gasteiger partial charge on any atom is 0.114 e. The summed E-state index contributed by atoms with van der Waals surface area (Å²) in [5.41, 5.74) is 2.52. The van der Waals surface area contributed by atoms with Gasteiger partial charge in [-0.15, -0.1) is 11.8 Å². The molecule has 0 spiro atoms. The van der Waals surface area contributed by atoms with E-state index in [9.17, 15) is 0 Å². The Morgan fingerprint density at radius 2 is 1.92 bits per heavy atom. The lowest BCUT2D eigenvalue weighted by atomic mass is 10.3. The van der Waals surface area contributed by atoms with Crippen molar-refractivity contribution in [3.63, 3.8) is 0 Å². The Bertz CT molecular complexity index is 292. The van der Waals surface area contributed by atoms with E-state index in [1.807, 2.05) is 6.07 Å². The lowest BCUT2D eigenvalue weighted by Crippen LogP contribution is -2.11. The zero-order valence-corrected chi connectivity index (χ0v) is 7.71. The van der Waals surface area contributed by atoms with Crippen molar-refractivity contribution >= 4 is 17.4 Å². The van der Waals surface area contributed by atoms with Crippen molar-refractivity contribution in [3.8, 4) is 0 Å². The second-order valence-electron chi connectivity index (χ2n) is 2.71. The van der Waals surface area contributed by atoms with Crippen LogP contribution in [0.5, 0.6) is 0 Å². The Kier molecular flexibility index (Phi) is 2.09. The zero-order chi connectivity index (χ0) is 8.39. The molecule has 0 bridgehead atoms. The van der Waals surface area contributed by atoms with Gasteiger partial charge in [0.15, 0.2) is 0 Å². The van der Waals surface area contributed by atoms with Gasteiger partial charge in [-0.2, -0.15) is 0 Å². The highest BCUT2D eigenvalue weighted by molar-refractivity contribution is 8.04. The van der Waals surface area contributed by atoms with Crippen LogP contribution in [0, 0.1) is 5.88 Å². The maximum absolute atomic E-state index is 2.19. The summed E-state index contributed by atoms with van der Waals surface area (Å²) in [5, 5.41) is 2.15. The minimum Gasteiger partial charge on any atom is -0.329 e. The lowest BCUT2D eigenvalue weighted by Gasteiger charge is -2.17. The monoisotopic (exact) mass is 176 g/mol. The summed E-state index contributed by atoms with van der Waals surface area (Å²) in [4.78, 5) is 2.19. The van der Waals surface area contributed by atoms with Crippen molar-refractivity contribution in [2.45, 2.75) is 6.92 Å². The molecule has 1 aliphatic heterocycles. The Morgan fingerprint density at radius 1 is 1.17 bits per heavy atom. The number of para-hydroxylation sites is 1. The second kappa shape index (κ2) is 3.23. The van der Waals surface area contributed by atoms with Crippen molar-refractivity contribution in [1.29, 1.82) is 0 Å². The third-order valence-electron chi connectivity index (χ3n) is 1.82. The number of rotatable bonds is 1. The molecule has 2 heteroatoms. The molecule has 0 aromatic heterocycles. The molecule has 0 fully saturated rings. The Labute approximate surface area is 77.1 Å². The van der Waals surface area contributed by atoms with Crippen molar-refractivity contribution in [2.75, 3.05) is 4.90 Å². The van der Waals surface area contributed by atoms with Crippen molar-refractivity contribution in [1.82, 2.24) is 0 Å². The van der Waals surface area contributed by atoms with Crippen LogP contribution in [0.2, 0.25) is 0 Å². The highest BCUT2D eigenvalue weighted by atomic mass is 32.2. The molecule has 0 saturated heterocycles. The highest BCUT2D eigenvalue weighted by Crippen LogP contribution is 2.31. The summed E-state index contributed by atoms with van der Waals surface area (Å²) in [6.45, 7) is 2.11. The average molecular weight is 176 g/mol. The molecule has 1 heterocycles. The molecule has 0 saturated carbocycles. The van der Waals surface area contributed by atoms with E-state index in [2.05, 4.69) is 47.4 Å². The molecule has 1 aliphatic rings. The van der Waals surface area contributed by atoms with Gasteiger partial charge in [-0.1, -0.05) is 18.2 Å². The van der Waals surface area contributed by atoms with Gasteiger partial charge in [0.2, 0.25) is 0 Å². The van der Waals surface area contributed by atoms with E-state index in [0.717, 1.165) is 0 Å². The summed E-state index contributed by atoms with van der Waals surface area (Å²) in [5.74, 6) is 2.12. The van der Waals surface area contributed by atoms with Gasteiger partial charge in [0.1, 0.15) is 5.88 Å². The van der Waals surface area contributed by atoms with Crippen molar-refractivity contribution in [2.24, 2.45) is 0 Å².